The van der Waals surface area contributed by atoms with Gasteiger partial charge >= 0.3 is 0 Å². The van der Waals surface area contributed by atoms with Crippen molar-refractivity contribution in [3.8, 4) is 11.4 Å². The van der Waals surface area contributed by atoms with Crippen LogP contribution in [0.25, 0.3) is 11.4 Å². The molecule has 0 bridgehead atoms. The molecule has 0 aliphatic heterocycles. The summed E-state index contributed by atoms with van der Waals surface area (Å²) in [4.78, 5) is 4.44. The van der Waals surface area contributed by atoms with Gasteiger partial charge in [-0.1, -0.05) is 19.0 Å². The Morgan fingerprint density at radius 3 is 2.89 bits per heavy atom. The molecule has 4 nitrogen and oxygen atoms in total. The first-order valence-corrected chi connectivity index (χ1v) is 7.15. The fourth-order valence-electron chi connectivity index (χ4n) is 1.93. The van der Waals surface area contributed by atoms with Gasteiger partial charge in [0.05, 0.1) is 0 Å². The Balaban J connectivity index is 2.01. The summed E-state index contributed by atoms with van der Waals surface area (Å²) < 4.78 is 5.31. The summed E-state index contributed by atoms with van der Waals surface area (Å²) >= 11 is 1.64. The third kappa shape index (κ3) is 3.40. The van der Waals surface area contributed by atoms with Crippen molar-refractivity contribution in [1.29, 1.82) is 0 Å². The highest BCUT2D eigenvalue weighted by Gasteiger charge is 2.15. The lowest BCUT2D eigenvalue weighted by molar-refractivity contribution is 0.345. The molecule has 0 amide bonds. The van der Waals surface area contributed by atoms with Crippen LogP contribution in [-0.2, 0) is 6.42 Å². The first kappa shape index (κ1) is 13.2. The van der Waals surface area contributed by atoms with Crippen molar-refractivity contribution in [2.75, 3.05) is 7.05 Å². The lowest BCUT2D eigenvalue weighted by atomic mass is 10.0. The highest BCUT2D eigenvalue weighted by atomic mass is 32.1. The quantitative estimate of drug-likeness (QED) is 0.872. The highest BCUT2D eigenvalue weighted by Crippen LogP contribution is 2.19. The van der Waals surface area contributed by atoms with Gasteiger partial charge in [0.2, 0.25) is 11.7 Å². The second-order valence-corrected chi connectivity index (χ2v) is 5.62. The van der Waals surface area contributed by atoms with E-state index in [4.69, 9.17) is 4.52 Å². The van der Waals surface area contributed by atoms with Gasteiger partial charge in [0, 0.05) is 23.4 Å². The molecule has 0 aliphatic carbocycles. The van der Waals surface area contributed by atoms with E-state index in [1.54, 1.807) is 11.3 Å². The summed E-state index contributed by atoms with van der Waals surface area (Å²) in [6.45, 7) is 4.43. The van der Waals surface area contributed by atoms with Crippen LogP contribution in [0.2, 0.25) is 0 Å². The molecule has 5 heteroatoms. The first-order chi connectivity index (χ1) is 8.69. The lowest BCUT2D eigenvalue weighted by Crippen LogP contribution is -2.29. The molecule has 0 aromatic carbocycles. The van der Waals surface area contributed by atoms with Gasteiger partial charge in [-0.05, 0) is 30.8 Å². The molecule has 1 N–H and O–H groups in total. The van der Waals surface area contributed by atoms with Gasteiger partial charge in [0.15, 0.2) is 0 Å². The Kier molecular flexibility index (Phi) is 4.49. The molecule has 0 fully saturated rings. The molecule has 0 spiro atoms. The van der Waals surface area contributed by atoms with Crippen molar-refractivity contribution in [3.05, 3.63) is 22.7 Å². The summed E-state index contributed by atoms with van der Waals surface area (Å²) in [5.41, 5.74) is 1.03. The SMILES string of the molecule is CNC(Cc1nc(-c2ccsc2)no1)CC(C)C. The largest absolute Gasteiger partial charge is 0.339 e. The third-order valence-electron chi connectivity index (χ3n) is 2.83. The van der Waals surface area contributed by atoms with E-state index in [2.05, 4.69) is 29.3 Å². The van der Waals surface area contributed by atoms with Gasteiger partial charge < -0.3 is 9.84 Å². The van der Waals surface area contributed by atoms with E-state index in [-0.39, 0.29) is 0 Å². The van der Waals surface area contributed by atoms with Crippen molar-refractivity contribution in [2.24, 2.45) is 5.92 Å². The molecule has 1 unspecified atom stereocenters. The maximum Gasteiger partial charge on any atom is 0.228 e. The maximum absolute atomic E-state index is 5.31. The van der Waals surface area contributed by atoms with E-state index >= 15 is 0 Å². The number of hydrogen-bond donors (Lipinski definition) is 1. The average molecular weight is 265 g/mol. The fraction of sp³-hybridized carbons (Fsp3) is 0.538. The van der Waals surface area contributed by atoms with Gasteiger partial charge in [0.25, 0.3) is 0 Å². The summed E-state index contributed by atoms with van der Waals surface area (Å²) in [6.07, 6.45) is 1.89. The number of likely N-dealkylation sites (N-methyl/N-ethyl adjacent to an activating group) is 1. The second-order valence-electron chi connectivity index (χ2n) is 4.84. The average Bonchev–Trinajstić information content (AvgIpc) is 2.97. The topological polar surface area (TPSA) is 51.0 Å². The zero-order chi connectivity index (χ0) is 13.0. The molecule has 0 radical (unpaired) electrons. The zero-order valence-electron chi connectivity index (χ0n) is 11.0. The van der Waals surface area contributed by atoms with E-state index in [1.807, 2.05) is 23.9 Å². The normalized spacial score (nSPS) is 13.1. The summed E-state index contributed by atoms with van der Waals surface area (Å²) in [6, 6.07) is 2.39. The lowest BCUT2D eigenvalue weighted by Gasteiger charge is -2.15. The predicted octanol–water partition coefficient (Wildman–Crippen LogP) is 2.97. The smallest absolute Gasteiger partial charge is 0.228 e. The minimum absolute atomic E-state index is 0.390. The molecule has 0 saturated carbocycles. The summed E-state index contributed by atoms with van der Waals surface area (Å²) in [5, 5.41) is 11.4. The van der Waals surface area contributed by atoms with Crippen LogP contribution in [0.5, 0.6) is 0 Å². The van der Waals surface area contributed by atoms with E-state index in [9.17, 15) is 0 Å². The predicted molar refractivity (Wildman–Crippen MR) is 73.6 cm³/mol. The van der Waals surface area contributed by atoms with Gasteiger partial charge in [-0.3, -0.25) is 0 Å². The minimum atomic E-state index is 0.390. The molecule has 2 aromatic rings. The van der Waals surface area contributed by atoms with Crippen LogP contribution in [0.3, 0.4) is 0 Å². The van der Waals surface area contributed by atoms with Gasteiger partial charge in [-0.25, -0.2) is 0 Å². The van der Waals surface area contributed by atoms with E-state index in [0.29, 0.717) is 23.7 Å². The molecule has 0 aliphatic rings. The summed E-state index contributed by atoms with van der Waals surface area (Å²) in [7, 11) is 1.98. The van der Waals surface area contributed by atoms with E-state index < -0.39 is 0 Å². The highest BCUT2D eigenvalue weighted by molar-refractivity contribution is 7.08. The van der Waals surface area contributed by atoms with Gasteiger partial charge in [0.1, 0.15) is 0 Å². The van der Waals surface area contributed by atoms with Crippen molar-refractivity contribution in [1.82, 2.24) is 15.5 Å². The molecule has 1 atom stereocenters. The van der Waals surface area contributed by atoms with Crippen LogP contribution < -0.4 is 5.32 Å². The molecule has 18 heavy (non-hydrogen) atoms. The minimum Gasteiger partial charge on any atom is -0.339 e. The maximum atomic E-state index is 5.31. The second kappa shape index (κ2) is 6.11. The molecule has 0 saturated heterocycles. The van der Waals surface area contributed by atoms with Crippen LogP contribution in [0.15, 0.2) is 21.3 Å². The van der Waals surface area contributed by atoms with Crippen LogP contribution in [0.1, 0.15) is 26.2 Å². The van der Waals surface area contributed by atoms with Crippen LogP contribution in [0, 0.1) is 5.92 Å². The number of nitrogens with zero attached hydrogens (tertiary/aromatic N) is 2. The monoisotopic (exact) mass is 265 g/mol. The van der Waals surface area contributed by atoms with Gasteiger partial charge in [-0.2, -0.15) is 16.3 Å². The molecule has 2 aromatic heterocycles. The third-order valence-corrected chi connectivity index (χ3v) is 3.52. The Morgan fingerprint density at radius 1 is 1.44 bits per heavy atom. The molecular weight excluding hydrogens is 246 g/mol. The molecule has 98 valence electrons. The van der Waals surface area contributed by atoms with Crippen LogP contribution in [0.4, 0.5) is 0 Å². The number of aromatic nitrogens is 2. The Bertz CT molecular complexity index is 464. The van der Waals surface area contributed by atoms with Crippen molar-refractivity contribution >= 4 is 11.3 Å². The van der Waals surface area contributed by atoms with E-state index in [0.717, 1.165) is 18.4 Å². The number of thiophene rings is 1. The first-order valence-electron chi connectivity index (χ1n) is 6.21. The molecular formula is C13H19N3OS. The summed E-state index contributed by atoms with van der Waals surface area (Å²) in [5.74, 6) is 2.04. The van der Waals surface area contributed by atoms with Crippen molar-refractivity contribution in [2.45, 2.75) is 32.7 Å². The standard InChI is InChI=1S/C13H19N3OS/c1-9(2)6-11(14-3)7-12-15-13(16-17-12)10-4-5-18-8-10/h4-5,8-9,11,14H,6-7H2,1-3H3. The Labute approximate surface area is 111 Å². The fourth-order valence-corrected chi connectivity index (χ4v) is 2.56. The van der Waals surface area contributed by atoms with Crippen molar-refractivity contribution in [3.63, 3.8) is 0 Å². The van der Waals surface area contributed by atoms with Crippen molar-refractivity contribution < 1.29 is 4.52 Å². The van der Waals surface area contributed by atoms with Gasteiger partial charge in [-0.15, -0.1) is 0 Å². The van der Waals surface area contributed by atoms with E-state index in [1.165, 1.54) is 0 Å². The molecule has 2 heterocycles. The number of nitrogens with one attached hydrogen (secondary N) is 1. The number of hydrogen-bond acceptors (Lipinski definition) is 5. The Hall–Kier alpha value is -1.20. The van der Waals surface area contributed by atoms with Crippen LogP contribution in [-0.4, -0.2) is 23.2 Å². The van der Waals surface area contributed by atoms with Crippen LogP contribution >= 0.6 is 11.3 Å². The number of rotatable bonds is 6. The zero-order valence-corrected chi connectivity index (χ0v) is 11.8. The Morgan fingerprint density at radius 2 is 2.28 bits per heavy atom. The molecule has 2 rings (SSSR count).